The number of benzene rings is 1. The fraction of sp³-hybridized carbons (Fsp3) is 0.150. The van der Waals surface area contributed by atoms with Gasteiger partial charge in [-0.05, 0) is 37.3 Å². The molecule has 0 bridgehead atoms. The number of nitro benzene ring substituents is 1. The van der Waals surface area contributed by atoms with E-state index >= 15 is 0 Å². The number of aromatic nitrogens is 1. The number of anilines is 1. The van der Waals surface area contributed by atoms with Gasteiger partial charge in [0.25, 0.3) is 5.69 Å². The van der Waals surface area contributed by atoms with Crippen LogP contribution in [-0.4, -0.2) is 23.2 Å². The van der Waals surface area contributed by atoms with Gasteiger partial charge in [-0.3, -0.25) is 15.5 Å². The predicted octanol–water partition coefficient (Wildman–Crippen LogP) is 4.02. The van der Waals surface area contributed by atoms with Crippen LogP contribution in [0.4, 0.5) is 11.5 Å². The van der Waals surface area contributed by atoms with Gasteiger partial charge in [-0.2, -0.15) is 10.4 Å². The highest BCUT2D eigenvalue weighted by atomic mass is 16.6. The second-order valence-corrected chi connectivity index (χ2v) is 6.07. The monoisotopic (exact) mass is 391 g/mol. The van der Waals surface area contributed by atoms with E-state index in [1.54, 1.807) is 37.4 Å². The first-order valence-corrected chi connectivity index (χ1v) is 8.55. The van der Waals surface area contributed by atoms with Crippen molar-refractivity contribution < 1.29 is 14.1 Å². The van der Waals surface area contributed by atoms with E-state index in [-0.39, 0.29) is 5.69 Å². The number of non-ortho nitro benzene ring substituents is 1. The first kappa shape index (κ1) is 19.7. The van der Waals surface area contributed by atoms with Crippen molar-refractivity contribution in [3.05, 3.63) is 75.2 Å². The average Bonchev–Trinajstić information content (AvgIpc) is 3.17. The topological polar surface area (TPSA) is 127 Å². The van der Waals surface area contributed by atoms with Crippen LogP contribution in [0.15, 0.2) is 52.0 Å². The van der Waals surface area contributed by atoms with E-state index in [9.17, 15) is 15.4 Å². The van der Waals surface area contributed by atoms with Gasteiger partial charge in [-0.1, -0.05) is 0 Å². The molecular formula is C20H17N5O4. The van der Waals surface area contributed by atoms with E-state index in [4.69, 9.17) is 9.15 Å². The number of hydrogen-bond acceptors (Lipinski definition) is 8. The Morgan fingerprint density at radius 2 is 2.10 bits per heavy atom. The summed E-state index contributed by atoms with van der Waals surface area (Å²) in [5.41, 5.74) is 5.30. The number of nitrogens with zero attached hydrogens (tertiary/aromatic N) is 4. The maximum Gasteiger partial charge on any atom is 0.269 e. The highest BCUT2D eigenvalue weighted by Crippen LogP contribution is 2.24. The molecule has 0 aliphatic heterocycles. The Labute approximate surface area is 166 Å². The molecule has 0 aliphatic rings. The van der Waals surface area contributed by atoms with Gasteiger partial charge < -0.3 is 9.15 Å². The number of hydrazone groups is 1. The number of hydrogen-bond donors (Lipinski definition) is 1. The van der Waals surface area contributed by atoms with E-state index in [0.29, 0.717) is 35.1 Å². The van der Waals surface area contributed by atoms with Crippen molar-refractivity contribution in [1.29, 1.82) is 5.26 Å². The van der Waals surface area contributed by atoms with Crippen molar-refractivity contribution in [3.8, 4) is 17.4 Å². The SMILES string of the molecule is COCc1cc(C)nc(N/N=C\c2ccc(-c3ccc([N+](=O)[O-])cc3)o2)c1C#N. The summed E-state index contributed by atoms with van der Waals surface area (Å²) in [5.74, 6) is 1.35. The normalized spacial score (nSPS) is 10.8. The van der Waals surface area contributed by atoms with Crippen LogP contribution >= 0.6 is 0 Å². The van der Waals surface area contributed by atoms with Crippen LogP contribution in [0.25, 0.3) is 11.3 Å². The van der Waals surface area contributed by atoms with E-state index < -0.39 is 4.92 Å². The van der Waals surface area contributed by atoms with Gasteiger partial charge in [0.2, 0.25) is 0 Å². The summed E-state index contributed by atoms with van der Waals surface area (Å²) in [5, 5.41) is 24.3. The standard InChI is InChI=1S/C20H17N5O4/c1-13-9-15(12-28-2)18(10-21)20(23-13)24-22-11-17-7-8-19(29-17)14-3-5-16(6-4-14)25(26)27/h3-9,11H,12H2,1-2H3,(H,23,24)/b22-11-. The van der Waals surface area contributed by atoms with Crippen LogP contribution in [-0.2, 0) is 11.3 Å². The minimum Gasteiger partial charge on any atom is -0.455 e. The maximum absolute atomic E-state index is 10.7. The van der Waals surface area contributed by atoms with Crippen molar-refractivity contribution >= 4 is 17.7 Å². The number of rotatable bonds is 7. The third kappa shape index (κ3) is 4.63. The molecule has 1 aromatic carbocycles. The molecule has 3 aromatic rings. The van der Waals surface area contributed by atoms with Crippen molar-refractivity contribution in [2.45, 2.75) is 13.5 Å². The van der Waals surface area contributed by atoms with Crippen molar-refractivity contribution in [2.75, 3.05) is 12.5 Å². The highest BCUT2D eigenvalue weighted by molar-refractivity contribution is 5.78. The number of aryl methyl sites for hydroxylation is 1. The molecule has 0 saturated carbocycles. The third-order valence-electron chi connectivity index (χ3n) is 3.99. The second-order valence-electron chi connectivity index (χ2n) is 6.07. The molecule has 2 aromatic heterocycles. The number of nitriles is 1. The number of furan rings is 1. The Morgan fingerprint density at radius 3 is 2.76 bits per heavy atom. The van der Waals surface area contributed by atoms with Gasteiger partial charge in [0.05, 0.1) is 17.7 Å². The lowest BCUT2D eigenvalue weighted by molar-refractivity contribution is -0.384. The van der Waals surface area contributed by atoms with E-state index in [2.05, 4.69) is 21.6 Å². The Kier molecular flexibility index (Phi) is 5.97. The zero-order chi connectivity index (χ0) is 20.8. The summed E-state index contributed by atoms with van der Waals surface area (Å²) in [6.07, 6.45) is 1.45. The Balaban J connectivity index is 1.75. The van der Waals surface area contributed by atoms with Gasteiger partial charge in [-0.25, -0.2) is 4.98 Å². The molecule has 0 aliphatic carbocycles. The summed E-state index contributed by atoms with van der Waals surface area (Å²) in [6, 6.07) is 13.4. The molecule has 1 N–H and O–H groups in total. The van der Waals surface area contributed by atoms with Gasteiger partial charge in [0.1, 0.15) is 23.2 Å². The zero-order valence-electron chi connectivity index (χ0n) is 15.7. The lowest BCUT2D eigenvalue weighted by atomic mass is 10.1. The lowest BCUT2D eigenvalue weighted by Crippen LogP contribution is -2.03. The van der Waals surface area contributed by atoms with Crippen molar-refractivity contribution in [2.24, 2.45) is 5.10 Å². The van der Waals surface area contributed by atoms with Crippen LogP contribution in [0.2, 0.25) is 0 Å². The molecule has 0 spiro atoms. The van der Waals surface area contributed by atoms with Crippen LogP contribution in [0, 0.1) is 28.4 Å². The maximum atomic E-state index is 10.7. The molecule has 9 nitrogen and oxygen atoms in total. The van der Waals surface area contributed by atoms with Crippen molar-refractivity contribution in [3.63, 3.8) is 0 Å². The van der Waals surface area contributed by atoms with E-state index in [1.165, 1.54) is 18.3 Å². The number of ether oxygens (including phenoxy) is 1. The molecule has 2 heterocycles. The molecule has 0 saturated heterocycles. The van der Waals surface area contributed by atoms with Crippen LogP contribution in [0.5, 0.6) is 0 Å². The Morgan fingerprint density at radius 1 is 1.34 bits per heavy atom. The highest BCUT2D eigenvalue weighted by Gasteiger charge is 2.11. The molecule has 0 radical (unpaired) electrons. The summed E-state index contributed by atoms with van der Waals surface area (Å²) >= 11 is 0. The summed E-state index contributed by atoms with van der Waals surface area (Å²) in [4.78, 5) is 14.6. The zero-order valence-corrected chi connectivity index (χ0v) is 15.7. The van der Waals surface area contributed by atoms with E-state index in [0.717, 1.165) is 11.3 Å². The molecule has 0 unspecified atom stereocenters. The Bertz CT molecular complexity index is 1100. The average molecular weight is 391 g/mol. The van der Waals surface area contributed by atoms with E-state index in [1.807, 2.05) is 6.92 Å². The van der Waals surface area contributed by atoms with Gasteiger partial charge in [0, 0.05) is 36.1 Å². The van der Waals surface area contributed by atoms with Crippen LogP contribution in [0.3, 0.4) is 0 Å². The van der Waals surface area contributed by atoms with Gasteiger partial charge >= 0.3 is 0 Å². The third-order valence-corrected chi connectivity index (χ3v) is 3.99. The van der Waals surface area contributed by atoms with Gasteiger partial charge in [-0.15, -0.1) is 0 Å². The molecule has 3 rings (SSSR count). The largest absolute Gasteiger partial charge is 0.455 e. The smallest absolute Gasteiger partial charge is 0.269 e. The fourth-order valence-corrected chi connectivity index (χ4v) is 2.70. The lowest BCUT2D eigenvalue weighted by Gasteiger charge is -2.08. The fourth-order valence-electron chi connectivity index (χ4n) is 2.70. The second kappa shape index (κ2) is 8.77. The van der Waals surface area contributed by atoms with Crippen LogP contribution < -0.4 is 5.43 Å². The summed E-state index contributed by atoms with van der Waals surface area (Å²) < 4.78 is 10.8. The quantitative estimate of drug-likeness (QED) is 0.366. The predicted molar refractivity (Wildman–Crippen MR) is 106 cm³/mol. The minimum atomic E-state index is -0.456. The number of methoxy groups -OCH3 is 1. The molecule has 0 amide bonds. The Hall–Kier alpha value is -4.03. The molecule has 146 valence electrons. The number of nitrogens with one attached hydrogen (secondary N) is 1. The first-order chi connectivity index (χ1) is 14.0. The van der Waals surface area contributed by atoms with Gasteiger partial charge in [0.15, 0.2) is 5.82 Å². The molecule has 9 heteroatoms. The van der Waals surface area contributed by atoms with Crippen molar-refractivity contribution in [1.82, 2.24) is 4.98 Å². The molecular weight excluding hydrogens is 374 g/mol. The summed E-state index contributed by atoms with van der Waals surface area (Å²) in [7, 11) is 1.56. The molecule has 0 fully saturated rings. The summed E-state index contributed by atoms with van der Waals surface area (Å²) in [6.45, 7) is 2.11. The number of nitro groups is 1. The number of pyridine rings is 1. The minimum absolute atomic E-state index is 0.0121. The molecule has 0 atom stereocenters. The molecule has 29 heavy (non-hydrogen) atoms. The first-order valence-electron chi connectivity index (χ1n) is 8.55. The van der Waals surface area contributed by atoms with Crippen LogP contribution in [0.1, 0.15) is 22.6 Å².